The van der Waals surface area contributed by atoms with Gasteiger partial charge in [0.2, 0.25) is 0 Å². The summed E-state index contributed by atoms with van der Waals surface area (Å²) in [6.07, 6.45) is 1.53. The molecular formula is C15H22N2O2. The van der Waals surface area contributed by atoms with Crippen molar-refractivity contribution in [1.29, 1.82) is 0 Å². The second-order valence-electron chi connectivity index (χ2n) is 4.97. The first-order chi connectivity index (χ1) is 9.26. The first-order valence-electron chi connectivity index (χ1n) is 6.83. The fourth-order valence-corrected chi connectivity index (χ4v) is 2.66. The Morgan fingerprint density at radius 1 is 1.37 bits per heavy atom. The van der Waals surface area contributed by atoms with Crippen molar-refractivity contribution in [1.82, 2.24) is 4.90 Å². The second kappa shape index (κ2) is 6.68. The number of ether oxygens (including phenoxy) is 1. The lowest BCUT2D eigenvalue weighted by molar-refractivity contribution is -0.142. The molecule has 1 aliphatic heterocycles. The number of nitrogens with two attached hydrogens (primary N) is 1. The summed E-state index contributed by atoms with van der Waals surface area (Å²) in [6, 6.07) is 10.5. The fourth-order valence-electron chi connectivity index (χ4n) is 2.66. The number of carbonyl (C=O) groups excluding carboxylic acids is 1. The number of hydrogen-bond acceptors (Lipinski definition) is 3. The van der Waals surface area contributed by atoms with E-state index in [0.717, 1.165) is 25.9 Å². The Labute approximate surface area is 114 Å². The third kappa shape index (κ3) is 3.33. The summed E-state index contributed by atoms with van der Waals surface area (Å²) in [5, 5.41) is 0. The van der Waals surface area contributed by atoms with E-state index in [1.807, 2.05) is 11.0 Å². The zero-order chi connectivity index (χ0) is 13.7. The van der Waals surface area contributed by atoms with Gasteiger partial charge >= 0.3 is 0 Å². The molecule has 1 aromatic carbocycles. The number of rotatable bonds is 4. The molecule has 0 aliphatic carbocycles. The molecule has 1 unspecified atom stereocenters. The first kappa shape index (κ1) is 14.0. The molecule has 0 spiro atoms. The van der Waals surface area contributed by atoms with E-state index in [0.29, 0.717) is 5.92 Å². The van der Waals surface area contributed by atoms with Crippen molar-refractivity contribution in [2.24, 2.45) is 5.73 Å². The highest BCUT2D eigenvalue weighted by Gasteiger charge is 2.27. The summed E-state index contributed by atoms with van der Waals surface area (Å²) in [5.74, 6) is 0.584. The van der Waals surface area contributed by atoms with Crippen molar-refractivity contribution >= 4 is 5.91 Å². The van der Waals surface area contributed by atoms with Crippen LogP contribution in [-0.4, -0.2) is 43.7 Å². The molecule has 1 saturated heterocycles. The van der Waals surface area contributed by atoms with E-state index in [1.165, 1.54) is 12.7 Å². The van der Waals surface area contributed by atoms with Crippen LogP contribution in [0.15, 0.2) is 30.3 Å². The van der Waals surface area contributed by atoms with Crippen LogP contribution in [0.4, 0.5) is 0 Å². The number of likely N-dealkylation sites (tertiary alicyclic amines) is 1. The Bertz CT molecular complexity index is 396. The van der Waals surface area contributed by atoms with Crippen molar-refractivity contribution in [2.75, 3.05) is 26.7 Å². The van der Waals surface area contributed by atoms with E-state index in [4.69, 9.17) is 10.5 Å². The minimum atomic E-state index is -0.492. The molecule has 0 aromatic heterocycles. The maximum atomic E-state index is 12.1. The molecule has 1 aliphatic rings. The molecule has 4 heteroatoms. The van der Waals surface area contributed by atoms with Crippen LogP contribution in [0.25, 0.3) is 0 Å². The number of benzene rings is 1. The number of nitrogens with zero attached hydrogens (tertiary/aromatic N) is 1. The number of piperidine rings is 1. The summed E-state index contributed by atoms with van der Waals surface area (Å²) < 4.78 is 5.11. The van der Waals surface area contributed by atoms with Crippen molar-refractivity contribution in [2.45, 2.75) is 24.9 Å². The van der Waals surface area contributed by atoms with Gasteiger partial charge in [0.25, 0.3) is 5.91 Å². The van der Waals surface area contributed by atoms with Gasteiger partial charge in [0.15, 0.2) is 0 Å². The maximum absolute atomic E-state index is 12.1. The lowest BCUT2D eigenvalue weighted by Crippen LogP contribution is -2.46. The lowest BCUT2D eigenvalue weighted by Gasteiger charge is -2.33. The molecule has 0 saturated carbocycles. The summed E-state index contributed by atoms with van der Waals surface area (Å²) in [5.41, 5.74) is 6.91. The van der Waals surface area contributed by atoms with Crippen LogP contribution < -0.4 is 5.73 Å². The van der Waals surface area contributed by atoms with Gasteiger partial charge < -0.3 is 15.4 Å². The summed E-state index contributed by atoms with van der Waals surface area (Å²) in [6.45, 7) is 1.82. The number of methoxy groups -OCH3 is 1. The highest BCUT2D eigenvalue weighted by molar-refractivity contribution is 5.81. The van der Waals surface area contributed by atoms with E-state index in [-0.39, 0.29) is 12.5 Å². The van der Waals surface area contributed by atoms with Crippen molar-refractivity contribution in [3.63, 3.8) is 0 Å². The van der Waals surface area contributed by atoms with E-state index in [2.05, 4.69) is 24.3 Å². The SMILES string of the molecule is COC(CN)C(=O)N1CCC(c2ccccc2)CC1. The van der Waals surface area contributed by atoms with Gasteiger partial charge in [-0.15, -0.1) is 0 Å². The van der Waals surface area contributed by atoms with Crippen LogP contribution in [0.3, 0.4) is 0 Å². The Balaban J connectivity index is 1.91. The number of carbonyl (C=O) groups is 1. The monoisotopic (exact) mass is 262 g/mol. The van der Waals surface area contributed by atoms with Gasteiger partial charge in [-0.1, -0.05) is 30.3 Å². The van der Waals surface area contributed by atoms with Gasteiger partial charge in [-0.05, 0) is 24.3 Å². The van der Waals surface area contributed by atoms with Gasteiger partial charge in [0.1, 0.15) is 6.10 Å². The molecule has 1 amide bonds. The zero-order valence-electron chi connectivity index (χ0n) is 11.4. The Kier molecular flexibility index (Phi) is 4.93. The molecule has 2 rings (SSSR count). The van der Waals surface area contributed by atoms with Gasteiger partial charge in [-0.2, -0.15) is 0 Å². The second-order valence-corrected chi connectivity index (χ2v) is 4.97. The van der Waals surface area contributed by atoms with Crippen LogP contribution >= 0.6 is 0 Å². The molecule has 0 radical (unpaired) electrons. The summed E-state index contributed by atoms with van der Waals surface area (Å²) in [4.78, 5) is 14.0. The average molecular weight is 262 g/mol. The molecule has 0 bridgehead atoms. The Hall–Kier alpha value is -1.39. The normalized spacial score (nSPS) is 18.3. The predicted molar refractivity (Wildman–Crippen MR) is 74.8 cm³/mol. The molecule has 1 atom stereocenters. The van der Waals surface area contributed by atoms with Crippen LogP contribution in [-0.2, 0) is 9.53 Å². The Morgan fingerprint density at radius 2 is 2.00 bits per heavy atom. The minimum absolute atomic E-state index is 0.0245. The van der Waals surface area contributed by atoms with Crippen LogP contribution in [0.5, 0.6) is 0 Å². The topological polar surface area (TPSA) is 55.6 Å². The summed E-state index contributed by atoms with van der Waals surface area (Å²) in [7, 11) is 1.53. The highest BCUT2D eigenvalue weighted by Crippen LogP contribution is 2.27. The number of amides is 1. The molecule has 1 fully saturated rings. The number of hydrogen-bond donors (Lipinski definition) is 1. The Morgan fingerprint density at radius 3 is 2.53 bits per heavy atom. The molecule has 4 nitrogen and oxygen atoms in total. The van der Waals surface area contributed by atoms with E-state index in [9.17, 15) is 4.79 Å². The molecule has 2 N–H and O–H groups in total. The molecule has 1 heterocycles. The van der Waals surface area contributed by atoms with Crippen LogP contribution in [0.1, 0.15) is 24.3 Å². The average Bonchev–Trinajstić information content (AvgIpc) is 2.49. The van der Waals surface area contributed by atoms with Crippen LogP contribution in [0, 0.1) is 0 Å². The molecule has 1 aromatic rings. The quantitative estimate of drug-likeness (QED) is 0.891. The maximum Gasteiger partial charge on any atom is 0.253 e. The van der Waals surface area contributed by atoms with E-state index >= 15 is 0 Å². The smallest absolute Gasteiger partial charge is 0.253 e. The third-order valence-electron chi connectivity index (χ3n) is 3.85. The van der Waals surface area contributed by atoms with E-state index in [1.54, 1.807) is 0 Å². The van der Waals surface area contributed by atoms with Crippen molar-refractivity contribution in [3.8, 4) is 0 Å². The molecule has 19 heavy (non-hydrogen) atoms. The van der Waals surface area contributed by atoms with Crippen LogP contribution in [0.2, 0.25) is 0 Å². The summed E-state index contributed by atoms with van der Waals surface area (Å²) >= 11 is 0. The molecule has 104 valence electrons. The third-order valence-corrected chi connectivity index (χ3v) is 3.85. The molecular weight excluding hydrogens is 240 g/mol. The van der Waals surface area contributed by atoms with Gasteiger partial charge in [0, 0.05) is 26.7 Å². The van der Waals surface area contributed by atoms with Gasteiger partial charge in [-0.25, -0.2) is 0 Å². The van der Waals surface area contributed by atoms with Gasteiger partial charge in [-0.3, -0.25) is 4.79 Å². The first-order valence-corrected chi connectivity index (χ1v) is 6.83. The minimum Gasteiger partial charge on any atom is -0.370 e. The largest absolute Gasteiger partial charge is 0.370 e. The van der Waals surface area contributed by atoms with E-state index < -0.39 is 6.10 Å². The van der Waals surface area contributed by atoms with Gasteiger partial charge in [0.05, 0.1) is 0 Å². The van der Waals surface area contributed by atoms with Crippen molar-refractivity contribution < 1.29 is 9.53 Å². The van der Waals surface area contributed by atoms with Crippen molar-refractivity contribution in [3.05, 3.63) is 35.9 Å². The lowest BCUT2D eigenvalue weighted by atomic mass is 9.89. The predicted octanol–water partition coefficient (Wildman–Crippen LogP) is 1.37. The standard InChI is InChI=1S/C15H22N2O2/c1-19-14(11-16)15(18)17-9-7-13(8-10-17)12-5-3-2-4-6-12/h2-6,13-14H,7-11,16H2,1H3. The zero-order valence-corrected chi connectivity index (χ0v) is 11.4. The highest BCUT2D eigenvalue weighted by atomic mass is 16.5. The fraction of sp³-hybridized carbons (Fsp3) is 0.533.